The van der Waals surface area contributed by atoms with Crippen LogP contribution in [0.1, 0.15) is 34.6 Å². The van der Waals surface area contributed by atoms with E-state index in [1.54, 1.807) is 13.8 Å². The summed E-state index contributed by atoms with van der Waals surface area (Å²) in [6, 6.07) is -0.803. The Morgan fingerprint density at radius 3 is 1.69 bits per heavy atom. The number of primary amides is 1. The van der Waals surface area contributed by atoms with Gasteiger partial charge in [0.2, 0.25) is 5.91 Å². The summed E-state index contributed by atoms with van der Waals surface area (Å²) in [5.41, 5.74) is 4.02. The third-order valence-corrected chi connectivity index (χ3v) is 2.68. The van der Waals surface area contributed by atoms with Gasteiger partial charge in [0.15, 0.2) is 0 Å². The number of hydrogen-bond donors (Lipinski definition) is 2. The molecule has 76 valence electrons. The molecule has 0 aromatic carbocycles. The van der Waals surface area contributed by atoms with E-state index in [4.69, 9.17) is 5.73 Å². The van der Waals surface area contributed by atoms with E-state index in [0.29, 0.717) is 0 Å². The first-order chi connectivity index (χ1) is 5.59. The Labute approximate surface area is 78.9 Å². The number of rotatable bonds is 1. The Balaban J connectivity index is 4.65. The molecule has 3 amide bonds. The van der Waals surface area contributed by atoms with Crippen molar-refractivity contribution in [2.24, 2.45) is 16.6 Å². The van der Waals surface area contributed by atoms with Gasteiger partial charge in [0.25, 0.3) is 0 Å². The summed E-state index contributed by atoms with van der Waals surface area (Å²) in [6.07, 6.45) is 0. The van der Waals surface area contributed by atoms with Crippen LogP contribution in [0.15, 0.2) is 0 Å². The fourth-order valence-electron chi connectivity index (χ4n) is 0.609. The fourth-order valence-corrected chi connectivity index (χ4v) is 0.609. The zero-order valence-corrected chi connectivity index (χ0v) is 8.89. The monoisotopic (exact) mass is 186 g/mol. The van der Waals surface area contributed by atoms with Crippen LogP contribution < -0.4 is 11.1 Å². The van der Waals surface area contributed by atoms with Crippen LogP contribution in [-0.2, 0) is 4.79 Å². The van der Waals surface area contributed by atoms with Gasteiger partial charge in [-0.05, 0) is 5.41 Å². The maximum absolute atomic E-state index is 11.5. The van der Waals surface area contributed by atoms with E-state index in [9.17, 15) is 9.59 Å². The van der Waals surface area contributed by atoms with E-state index in [1.165, 1.54) is 0 Å². The number of nitrogens with two attached hydrogens (primary N) is 1. The van der Waals surface area contributed by atoms with Gasteiger partial charge in [0.1, 0.15) is 0 Å². The lowest BCUT2D eigenvalue weighted by Gasteiger charge is -2.36. The van der Waals surface area contributed by atoms with Crippen LogP contribution in [0.5, 0.6) is 0 Å². The average molecular weight is 186 g/mol. The van der Waals surface area contributed by atoms with Crippen molar-refractivity contribution in [3.8, 4) is 0 Å². The lowest BCUT2D eigenvalue weighted by molar-refractivity contribution is -0.133. The number of amides is 3. The first-order valence-corrected chi connectivity index (χ1v) is 4.20. The van der Waals surface area contributed by atoms with Gasteiger partial charge in [0, 0.05) is 5.41 Å². The number of carbonyl (C=O) groups is 2. The third kappa shape index (κ3) is 2.72. The molecule has 0 fully saturated rings. The Morgan fingerprint density at radius 1 is 1.08 bits per heavy atom. The molecule has 0 aliphatic rings. The summed E-state index contributed by atoms with van der Waals surface area (Å²) in [6.45, 7) is 9.38. The van der Waals surface area contributed by atoms with E-state index < -0.39 is 11.4 Å². The van der Waals surface area contributed by atoms with Crippen LogP contribution in [0.4, 0.5) is 4.79 Å². The fraction of sp³-hybridized carbons (Fsp3) is 0.778. The second kappa shape index (κ2) is 3.36. The van der Waals surface area contributed by atoms with Crippen LogP contribution in [0.3, 0.4) is 0 Å². The summed E-state index contributed by atoms with van der Waals surface area (Å²) in [5, 5.41) is 2.09. The minimum Gasteiger partial charge on any atom is -0.351 e. The molecule has 0 aromatic heterocycles. The number of hydrogen-bond acceptors (Lipinski definition) is 2. The topological polar surface area (TPSA) is 72.2 Å². The molecular weight excluding hydrogens is 168 g/mol. The number of nitrogens with one attached hydrogen (secondary N) is 1. The highest BCUT2D eigenvalue weighted by molar-refractivity contribution is 5.96. The number of carbonyl (C=O) groups excluding carboxylic acids is 2. The largest absolute Gasteiger partial charge is 0.351 e. The summed E-state index contributed by atoms with van der Waals surface area (Å²) >= 11 is 0. The third-order valence-electron chi connectivity index (χ3n) is 2.68. The van der Waals surface area contributed by atoms with Gasteiger partial charge in [0.05, 0.1) is 0 Å². The maximum Gasteiger partial charge on any atom is 0.318 e. The summed E-state index contributed by atoms with van der Waals surface area (Å²) in [4.78, 5) is 22.0. The van der Waals surface area contributed by atoms with Crippen molar-refractivity contribution in [2.45, 2.75) is 34.6 Å². The van der Waals surface area contributed by atoms with Crippen LogP contribution >= 0.6 is 0 Å². The summed E-state index contributed by atoms with van der Waals surface area (Å²) in [7, 11) is 0. The van der Waals surface area contributed by atoms with Crippen LogP contribution in [0.25, 0.3) is 0 Å². The molecule has 0 rings (SSSR count). The quantitative estimate of drug-likeness (QED) is 0.647. The molecule has 0 saturated heterocycles. The van der Waals surface area contributed by atoms with E-state index in [1.807, 2.05) is 20.8 Å². The van der Waals surface area contributed by atoms with Crippen molar-refractivity contribution in [2.75, 3.05) is 0 Å². The van der Waals surface area contributed by atoms with Crippen LogP contribution in [-0.4, -0.2) is 11.9 Å². The van der Waals surface area contributed by atoms with Crippen molar-refractivity contribution in [1.82, 2.24) is 5.32 Å². The number of urea groups is 1. The highest BCUT2D eigenvalue weighted by atomic mass is 16.2. The Bertz CT molecular complexity index is 226. The predicted octanol–water partition coefficient (Wildman–Crippen LogP) is 1.25. The molecule has 0 bridgehead atoms. The van der Waals surface area contributed by atoms with E-state index in [-0.39, 0.29) is 11.3 Å². The molecule has 3 N–H and O–H groups in total. The molecule has 4 heteroatoms. The first kappa shape index (κ1) is 11.9. The van der Waals surface area contributed by atoms with Crippen LogP contribution in [0, 0.1) is 10.8 Å². The minimum absolute atomic E-state index is 0.216. The molecule has 0 aliphatic heterocycles. The second-order valence-electron chi connectivity index (χ2n) is 4.69. The highest BCUT2D eigenvalue weighted by Crippen LogP contribution is 2.37. The van der Waals surface area contributed by atoms with Gasteiger partial charge in [-0.1, -0.05) is 34.6 Å². The van der Waals surface area contributed by atoms with E-state index in [0.717, 1.165) is 0 Å². The van der Waals surface area contributed by atoms with Gasteiger partial charge in [-0.2, -0.15) is 0 Å². The molecule has 0 aromatic rings. The molecule has 0 spiro atoms. The normalized spacial score (nSPS) is 12.4. The molecule has 0 saturated carbocycles. The molecular formula is C9H18N2O2. The second-order valence-corrected chi connectivity index (χ2v) is 4.69. The van der Waals surface area contributed by atoms with Crippen molar-refractivity contribution in [3.05, 3.63) is 0 Å². The van der Waals surface area contributed by atoms with Gasteiger partial charge in [-0.25, -0.2) is 4.79 Å². The highest BCUT2D eigenvalue weighted by Gasteiger charge is 2.40. The zero-order valence-electron chi connectivity index (χ0n) is 8.89. The van der Waals surface area contributed by atoms with Gasteiger partial charge in [-0.3, -0.25) is 10.1 Å². The molecule has 13 heavy (non-hydrogen) atoms. The summed E-state index contributed by atoms with van der Waals surface area (Å²) in [5.74, 6) is -0.340. The molecule has 0 atom stereocenters. The van der Waals surface area contributed by atoms with Gasteiger partial charge >= 0.3 is 6.03 Å². The SMILES string of the molecule is CC(C)(C)C(C)(C)C(=O)NC(N)=O. The lowest BCUT2D eigenvalue weighted by atomic mass is 9.69. The summed E-state index contributed by atoms with van der Waals surface area (Å²) < 4.78 is 0. The molecule has 0 unspecified atom stereocenters. The maximum atomic E-state index is 11.5. The Hall–Kier alpha value is -1.06. The van der Waals surface area contributed by atoms with Crippen molar-refractivity contribution in [3.63, 3.8) is 0 Å². The van der Waals surface area contributed by atoms with Crippen molar-refractivity contribution in [1.29, 1.82) is 0 Å². The van der Waals surface area contributed by atoms with E-state index in [2.05, 4.69) is 5.32 Å². The van der Waals surface area contributed by atoms with Gasteiger partial charge in [-0.15, -0.1) is 0 Å². The zero-order chi connectivity index (χ0) is 10.9. The first-order valence-electron chi connectivity index (χ1n) is 4.20. The molecule has 0 heterocycles. The Morgan fingerprint density at radius 2 is 1.46 bits per heavy atom. The average Bonchev–Trinajstić information content (AvgIpc) is 1.82. The van der Waals surface area contributed by atoms with E-state index >= 15 is 0 Å². The predicted molar refractivity (Wildman–Crippen MR) is 51.0 cm³/mol. The smallest absolute Gasteiger partial charge is 0.318 e. The van der Waals surface area contributed by atoms with Crippen LogP contribution in [0.2, 0.25) is 0 Å². The van der Waals surface area contributed by atoms with Crippen molar-refractivity contribution >= 4 is 11.9 Å². The molecule has 0 radical (unpaired) electrons. The Kier molecular flexibility index (Phi) is 3.08. The van der Waals surface area contributed by atoms with Gasteiger partial charge < -0.3 is 5.73 Å². The minimum atomic E-state index is -0.803. The molecule has 4 nitrogen and oxygen atoms in total. The lowest BCUT2D eigenvalue weighted by Crippen LogP contribution is -2.48. The molecule has 0 aliphatic carbocycles. The number of imide groups is 1. The van der Waals surface area contributed by atoms with Crippen molar-refractivity contribution < 1.29 is 9.59 Å². The standard InChI is InChI=1S/C9H18N2O2/c1-8(2,3)9(4,5)6(12)11-7(10)13/h1-5H3,(H3,10,11,12,13).